The molecule has 1 aromatic heterocycles. The van der Waals surface area contributed by atoms with E-state index in [-0.39, 0.29) is 5.91 Å². The average Bonchev–Trinajstić information content (AvgIpc) is 3.27. The third kappa shape index (κ3) is 5.19. The first-order chi connectivity index (χ1) is 15.1. The monoisotopic (exact) mass is 431 g/mol. The van der Waals surface area contributed by atoms with Crippen LogP contribution in [0, 0.1) is 6.92 Å². The number of nitrogens with zero attached hydrogens (tertiary/aromatic N) is 3. The van der Waals surface area contributed by atoms with Gasteiger partial charge in [0.15, 0.2) is 0 Å². The largest absolute Gasteiger partial charge is 0.339 e. The molecule has 0 aliphatic heterocycles. The fourth-order valence-electron chi connectivity index (χ4n) is 3.27. The second-order valence-electron chi connectivity index (χ2n) is 7.32. The summed E-state index contributed by atoms with van der Waals surface area (Å²) in [6.45, 7) is 2.92. The number of benzene rings is 3. The fourth-order valence-corrected chi connectivity index (χ4v) is 3.48. The third-order valence-electron chi connectivity index (χ3n) is 4.98. The first-order valence-corrected chi connectivity index (χ1v) is 10.5. The minimum atomic E-state index is -0.132. The number of carbonyl (C=O) groups excluding carboxylic acids is 1. The smallest absolute Gasteiger partial charge is 0.255 e. The van der Waals surface area contributed by atoms with E-state index in [9.17, 15) is 4.79 Å². The van der Waals surface area contributed by atoms with Crippen LogP contribution in [0.3, 0.4) is 0 Å². The SMILES string of the molecule is Cc1ccc(-c2noc(CCN(Cc3ccccc3)C(=O)c3ccccc3Cl)n2)cc1. The van der Waals surface area contributed by atoms with Gasteiger partial charge in [0.2, 0.25) is 11.7 Å². The second-order valence-corrected chi connectivity index (χ2v) is 7.73. The second kappa shape index (κ2) is 9.58. The van der Waals surface area contributed by atoms with Gasteiger partial charge in [-0.15, -0.1) is 0 Å². The molecule has 0 radical (unpaired) electrons. The molecule has 0 fully saturated rings. The average molecular weight is 432 g/mol. The molecule has 1 heterocycles. The molecular formula is C25H22ClN3O2. The van der Waals surface area contributed by atoms with Gasteiger partial charge in [-0.1, -0.05) is 89.1 Å². The van der Waals surface area contributed by atoms with Gasteiger partial charge in [-0.3, -0.25) is 4.79 Å². The molecule has 0 unspecified atom stereocenters. The molecule has 3 aromatic carbocycles. The molecule has 0 saturated heterocycles. The summed E-state index contributed by atoms with van der Waals surface area (Å²) in [5, 5.41) is 4.52. The number of carbonyl (C=O) groups is 1. The zero-order chi connectivity index (χ0) is 21.6. The standard InChI is InChI=1S/C25H22ClN3O2/c1-18-11-13-20(14-12-18)24-27-23(31-28-24)15-16-29(17-19-7-3-2-4-8-19)25(30)21-9-5-6-10-22(21)26/h2-14H,15-17H2,1H3. The summed E-state index contributed by atoms with van der Waals surface area (Å²) in [6.07, 6.45) is 0.446. The van der Waals surface area contributed by atoms with E-state index in [4.69, 9.17) is 16.1 Å². The van der Waals surface area contributed by atoms with Crippen molar-refractivity contribution < 1.29 is 9.32 Å². The summed E-state index contributed by atoms with van der Waals surface area (Å²) in [5.74, 6) is 0.898. The van der Waals surface area contributed by atoms with Gasteiger partial charge in [0.25, 0.3) is 5.91 Å². The Balaban J connectivity index is 1.51. The zero-order valence-corrected chi connectivity index (χ0v) is 17.9. The van der Waals surface area contributed by atoms with Crippen LogP contribution >= 0.6 is 11.6 Å². The summed E-state index contributed by atoms with van der Waals surface area (Å²) in [4.78, 5) is 19.5. The highest BCUT2D eigenvalue weighted by Gasteiger charge is 2.20. The van der Waals surface area contributed by atoms with Crippen LogP contribution in [0.1, 0.15) is 27.4 Å². The van der Waals surface area contributed by atoms with Gasteiger partial charge >= 0.3 is 0 Å². The van der Waals surface area contributed by atoms with E-state index in [0.29, 0.717) is 41.8 Å². The molecule has 1 amide bonds. The lowest BCUT2D eigenvalue weighted by Gasteiger charge is -2.23. The summed E-state index contributed by atoms with van der Waals surface area (Å²) in [6, 6.07) is 24.9. The molecule has 0 atom stereocenters. The number of hydrogen-bond acceptors (Lipinski definition) is 4. The van der Waals surface area contributed by atoms with E-state index >= 15 is 0 Å². The zero-order valence-electron chi connectivity index (χ0n) is 17.2. The molecule has 6 heteroatoms. The lowest BCUT2D eigenvalue weighted by atomic mass is 10.1. The predicted octanol–water partition coefficient (Wildman–Crippen LogP) is 5.58. The highest BCUT2D eigenvalue weighted by atomic mass is 35.5. The van der Waals surface area contributed by atoms with Crippen molar-refractivity contribution in [3.8, 4) is 11.4 Å². The van der Waals surface area contributed by atoms with E-state index in [2.05, 4.69) is 10.1 Å². The normalized spacial score (nSPS) is 10.8. The lowest BCUT2D eigenvalue weighted by Crippen LogP contribution is -2.32. The molecule has 0 bridgehead atoms. The van der Waals surface area contributed by atoms with Crippen molar-refractivity contribution in [3.63, 3.8) is 0 Å². The number of aryl methyl sites for hydroxylation is 1. The Kier molecular flexibility index (Phi) is 6.43. The summed E-state index contributed by atoms with van der Waals surface area (Å²) >= 11 is 6.28. The van der Waals surface area contributed by atoms with Crippen molar-refractivity contribution in [3.05, 3.63) is 106 Å². The van der Waals surface area contributed by atoms with Crippen molar-refractivity contribution >= 4 is 17.5 Å². The number of halogens is 1. The lowest BCUT2D eigenvalue weighted by molar-refractivity contribution is 0.0742. The van der Waals surface area contributed by atoms with Gasteiger partial charge in [0, 0.05) is 25.1 Å². The molecule has 4 aromatic rings. The van der Waals surface area contributed by atoms with E-state index in [1.54, 1.807) is 17.0 Å². The van der Waals surface area contributed by atoms with Crippen molar-refractivity contribution in [1.82, 2.24) is 15.0 Å². The maximum absolute atomic E-state index is 13.2. The minimum Gasteiger partial charge on any atom is -0.339 e. The van der Waals surface area contributed by atoms with Crippen molar-refractivity contribution in [2.45, 2.75) is 19.9 Å². The minimum absolute atomic E-state index is 0.132. The van der Waals surface area contributed by atoms with Crippen molar-refractivity contribution in [2.24, 2.45) is 0 Å². The van der Waals surface area contributed by atoms with Gasteiger partial charge < -0.3 is 9.42 Å². The molecular weight excluding hydrogens is 410 g/mol. The molecule has 0 saturated carbocycles. The van der Waals surface area contributed by atoms with Crippen LogP contribution in [0.15, 0.2) is 83.4 Å². The predicted molar refractivity (Wildman–Crippen MR) is 121 cm³/mol. The Bertz CT molecular complexity index is 1160. The maximum atomic E-state index is 13.2. The highest BCUT2D eigenvalue weighted by molar-refractivity contribution is 6.33. The number of aromatic nitrogens is 2. The van der Waals surface area contributed by atoms with Crippen LogP contribution in [0.5, 0.6) is 0 Å². The van der Waals surface area contributed by atoms with E-state index in [0.717, 1.165) is 11.1 Å². The van der Waals surface area contributed by atoms with E-state index in [1.807, 2.05) is 73.7 Å². The molecule has 0 spiro atoms. The molecule has 31 heavy (non-hydrogen) atoms. The van der Waals surface area contributed by atoms with Crippen molar-refractivity contribution in [2.75, 3.05) is 6.54 Å². The van der Waals surface area contributed by atoms with E-state index in [1.165, 1.54) is 5.56 Å². The molecule has 0 aliphatic carbocycles. The Hall–Kier alpha value is -3.44. The summed E-state index contributed by atoms with van der Waals surface area (Å²) in [7, 11) is 0. The number of hydrogen-bond donors (Lipinski definition) is 0. The van der Waals surface area contributed by atoms with Crippen LogP contribution in [-0.2, 0) is 13.0 Å². The van der Waals surface area contributed by atoms with Crippen LogP contribution < -0.4 is 0 Å². The van der Waals surface area contributed by atoms with Gasteiger partial charge in [0.05, 0.1) is 10.6 Å². The van der Waals surface area contributed by atoms with Crippen LogP contribution in [0.2, 0.25) is 5.02 Å². The Morgan fingerprint density at radius 3 is 2.42 bits per heavy atom. The molecule has 0 aliphatic rings. The number of rotatable bonds is 7. The van der Waals surface area contributed by atoms with Gasteiger partial charge in [-0.2, -0.15) is 4.98 Å². The summed E-state index contributed by atoms with van der Waals surface area (Å²) in [5.41, 5.74) is 3.58. The van der Waals surface area contributed by atoms with Crippen LogP contribution in [0.25, 0.3) is 11.4 Å². The molecule has 5 nitrogen and oxygen atoms in total. The Morgan fingerprint density at radius 2 is 1.68 bits per heavy atom. The maximum Gasteiger partial charge on any atom is 0.255 e. The first-order valence-electron chi connectivity index (χ1n) is 10.1. The van der Waals surface area contributed by atoms with Gasteiger partial charge in [-0.25, -0.2) is 0 Å². The van der Waals surface area contributed by atoms with Crippen molar-refractivity contribution in [1.29, 1.82) is 0 Å². The van der Waals surface area contributed by atoms with Gasteiger partial charge in [-0.05, 0) is 24.6 Å². The fraction of sp³-hybridized carbons (Fsp3) is 0.160. The topological polar surface area (TPSA) is 59.2 Å². The van der Waals surface area contributed by atoms with E-state index < -0.39 is 0 Å². The van der Waals surface area contributed by atoms with Crippen LogP contribution in [0.4, 0.5) is 0 Å². The molecule has 156 valence electrons. The van der Waals surface area contributed by atoms with Gasteiger partial charge in [0.1, 0.15) is 0 Å². The van der Waals surface area contributed by atoms with Crippen LogP contribution in [-0.4, -0.2) is 27.5 Å². The first kappa shape index (κ1) is 20.8. The number of amides is 1. The highest BCUT2D eigenvalue weighted by Crippen LogP contribution is 2.20. The quantitative estimate of drug-likeness (QED) is 0.383. The Labute approximate surface area is 186 Å². The Morgan fingerprint density at radius 1 is 0.968 bits per heavy atom. The molecule has 4 rings (SSSR count). The molecule has 0 N–H and O–H groups in total. The third-order valence-corrected chi connectivity index (χ3v) is 5.31. The summed E-state index contributed by atoms with van der Waals surface area (Å²) < 4.78 is 5.43.